The number of halogens is 1. The van der Waals surface area contributed by atoms with Crippen molar-refractivity contribution < 1.29 is 5.11 Å². The SMILES string of the molecule is CC(C)c1nc2c(O)c(N)ccc2c(=O)n1-c1ccc(Cl)cc1. The van der Waals surface area contributed by atoms with E-state index in [1.807, 2.05) is 13.8 Å². The molecule has 23 heavy (non-hydrogen) atoms. The molecule has 6 heteroatoms. The number of phenols is 1. The second-order valence-corrected chi connectivity index (χ2v) is 6.08. The van der Waals surface area contributed by atoms with Crippen molar-refractivity contribution in [3.63, 3.8) is 0 Å². The molecule has 0 aliphatic heterocycles. The van der Waals surface area contributed by atoms with Crippen molar-refractivity contribution in [2.75, 3.05) is 5.73 Å². The van der Waals surface area contributed by atoms with E-state index in [9.17, 15) is 9.90 Å². The van der Waals surface area contributed by atoms with Crippen LogP contribution >= 0.6 is 11.6 Å². The third-order valence-corrected chi connectivity index (χ3v) is 3.92. The number of hydrogen-bond acceptors (Lipinski definition) is 4. The molecule has 2 aromatic carbocycles. The Kier molecular flexibility index (Phi) is 3.74. The molecule has 5 nitrogen and oxygen atoms in total. The monoisotopic (exact) mass is 329 g/mol. The minimum atomic E-state index is -0.253. The van der Waals surface area contributed by atoms with Gasteiger partial charge in [-0.1, -0.05) is 25.4 Å². The van der Waals surface area contributed by atoms with Crippen LogP contribution in [0.4, 0.5) is 5.69 Å². The molecule has 0 aliphatic rings. The van der Waals surface area contributed by atoms with Crippen LogP contribution in [0.5, 0.6) is 5.75 Å². The Bertz CT molecular complexity index is 947. The molecule has 0 fully saturated rings. The van der Waals surface area contributed by atoms with Gasteiger partial charge in [0, 0.05) is 10.9 Å². The zero-order valence-corrected chi connectivity index (χ0v) is 13.5. The maximum absolute atomic E-state index is 12.9. The van der Waals surface area contributed by atoms with E-state index in [4.69, 9.17) is 17.3 Å². The lowest BCUT2D eigenvalue weighted by molar-refractivity contribution is 0.482. The summed E-state index contributed by atoms with van der Waals surface area (Å²) in [7, 11) is 0. The molecule has 3 N–H and O–H groups in total. The fraction of sp³-hybridized carbons (Fsp3) is 0.176. The van der Waals surface area contributed by atoms with Crippen LogP contribution in [0.2, 0.25) is 5.02 Å². The molecule has 0 aliphatic carbocycles. The first kappa shape index (κ1) is 15.4. The smallest absolute Gasteiger partial charge is 0.266 e. The molecular formula is C17H16ClN3O2. The van der Waals surface area contributed by atoms with Gasteiger partial charge in [-0.2, -0.15) is 0 Å². The summed E-state index contributed by atoms with van der Waals surface area (Å²) >= 11 is 5.92. The van der Waals surface area contributed by atoms with Gasteiger partial charge in [-0.05, 0) is 36.4 Å². The van der Waals surface area contributed by atoms with Gasteiger partial charge < -0.3 is 10.8 Å². The number of phenolic OH excluding ortho intramolecular Hbond substituents is 1. The summed E-state index contributed by atoms with van der Waals surface area (Å²) in [5.41, 5.74) is 6.56. The average molecular weight is 330 g/mol. The number of hydrogen-bond donors (Lipinski definition) is 2. The highest BCUT2D eigenvalue weighted by molar-refractivity contribution is 6.30. The van der Waals surface area contributed by atoms with Gasteiger partial charge in [-0.25, -0.2) is 4.98 Å². The highest BCUT2D eigenvalue weighted by atomic mass is 35.5. The highest BCUT2D eigenvalue weighted by Gasteiger charge is 2.18. The highest BCUT2D eigenvalue weighted by Crippen LogP contribution is 2.29. The third-order valence-electron chi connectivity index (χ3n) is 3.67. The fourth-order valence-electron chi connectivity index (χ4n) is 2.50. The molecule has 1 aromatic heterocycles. The normalized spacial score (nSPS) is 11.3. The van der Waals surface area contributed by atoms with Crippen LogP contribution in [0.15, 0.2) is 41.2 Å². The average Bonchev–Trinajstić information content (AvgIpc) is 2.52. The Morgan fingerprint density at radius 2 is 1.83 bits per heavy atom. The van der Waals surface area contributed by atoms with Crippen LogP contribution in [-0.2, 0) is 0 Å². The lowest BCUT2D eigenvalue weighted by Gasteiger charge is -2.16. The molecule has 0 bridgehead atoms. The summed E-state index contributed by atoms with van der Waals surface area (Å²) < 4.78 is 1.54. The topological polar surface area (TPSA) is 81.1 Å². The Morgan fingerprint density at radius 1 is 1.17 bits per heavy atom. The van der Waals surface area contributed by atoms with Crippen molar-refractivity contribution in [1.29, 1.82) is 0 Å². The maximum Gasteiger partial charge on any atom is 0.266 e. The summed E-state index contributed by atoms with van der Waals surface area (Å²) in [5.74, 6) is 0.360. The van der Waals surface area contributed by atoms with Gasteiger partial charge in [-0.15, -0.1) is 0 Å². The van der Waals surface area contributed by atoms with Gasteiger partial charge >= 0.3 is 0 Å². The molecule has 0 radical (unpaired) electrons. The van der Waals surface area contributed by atoms with E-state index in [0.29, 0.717) is 21.9 Å². The first-order valence-electron chi connectivity index (χ1n) is 7.20. The summed E-state index contributed by atoms with van der Waals surface area (Å²) in [6, 6.07) is 10.1. The molecule has 3 aromatic rings. The number of anilines is 1. The predicted octanol–water partition coefficient (Wildman–Crippen LogP) is 3.45. The molecule has 118 valence electrons. The van der Waals surface area contributed by atoms with E-state index in [-0.39, 0.29) is 28.4 Å². The van der Waals surface area contributed by atoms with E-state index in [1.165, 1.54) is 6.07 Å². The van der Waals surface area contributed by atoms with E-state index < -0.39 is 0 Å². The summed E-state index contributed by atoms with van der Waals surface area (Å²) in [5, 5.41) is 11.0. The first-order valence-corrected chi connectivity index (χ1v) is 7.58. The largest absolute Gasteiger partial charge is 0.504 e. The Morgan fingerprint density at radius 3 is 2.43 bits per heavy atom. The zero-order valence-electron chi connectivity index (χ0n) is 12.7. The van der Waals surface area contributed by atoms with E-state index in [1.54, 1.807) is 34.9 Å². The summed E-state index contributed by atoms with van der Waals surface area (Å²) in [4.78, 5) is 17.4. The molecule has 0 saturated heterocycles. The second-order valence-electron chi connectivity index (χ2n) is 5.64. The summed E-state index contributed by atoms with van der Waals surface area (Å²) in [6.45, 7) is 3.87. The molecule has 1 heterocycles. The van der Waals surface area contributed by atoms with Crippen LogP contribution in [0, 0.1) is 0 Å². The van der Waals surface area contributed by atoms with Crippen molar-refractivity contribution >= 4 is 28.2 Å². The Balaban J connectivity index is 2.43. The van der Waals surface area contributed by atoms with Crippen molar-refractivity contribution in [2.24, 2.45) is 0 Å². The third kappa shape index (κ3) is 2.53. The standard InChI is InChI=1S/C17H16ClN3O2/c1-9(2)16-20-14-12(7-8-13(19)15(14)22)17(23)21(16)11-5-3-10(18)4-6-11/h3-9,22H,19H2,1-2H3. The van der Waals surface area contributed by atoms with Gasteiger partial charge in [-0.3, -0.25) is 9.36 Å². The number of benzene rings is 2. The quantitative estimate of drug-likeness (QED) is 0.557. The predicted molar refractivity (Wildman–Crippen MR) is 92.5 cm³/mol. The van der Waals surface area contributed by atoms with E-state index >= 15 is 0 Å². The number of nitrogen functional groups attached to an aromatic ring is 1. The minimum absolute atomic E-state index is 0.0244. The zero-order chi connectivity index (χ0) is 16.7. The lowest BCUT2D eigenvalue weighted by atomic mass is 10.1. The van der Waals surface area contributed by atoms with Crippen molar-refractivity contribution in [2.45, 2.75) is 19.8 Å². The Hall–Kier alpha value is -2.53. The van der Waals surface area contributed by atoms with Gasteiger partial charge in [0.05, 0.1) is 16.8 Å². The first-order chi connectivity index (χ1) is 10.9. The lowest BCUT2D eigenvalue weighted by Crippen LogP contribution is -2.24. The van der Waals surface area contributed by atoms with Gasteiger partial charge in [0.1, 0.15) is 11.3 Å². The number of rotatable bonds is 2. The van der Waals surface area contributed by atoms with E-state index in [0.717, 1.165) is 0 Å². The molecule has 0 unspecified atom stereocenters. The van der Waals surface area contributed by atoms with Gasteiger partial charge in [0.15, 0.2) is 5.75 Å². The van der Waals surface area contributed by atoms with Crippen LogP contribution < -0.4 is 11.3 Å². The molecule has 0 amide bonds. The van der Waals surface area contributed by atoms with Crippen molar-refractivity contribution in [3.05, 3.63) is 57.6 Å². The summed E-state index contributed by atoms with van der Waals surface area (Å²) in [6.07, 6.45) is 0. The minimum Gasteiger partial charge on any atom is -0.504 e. The van der Waals surface area contributed by atoms with Gasteiger partial charge in [0.25, 0.3) is 5.56 Å². The molecular weight excluding hydrogens is 314 g/mol. The van der Waals surface area contributed by atoms with Crippen LogP contribution in [0.1, 0.15) is 25.6 Å². The number of nitrogens with two attached hydrogens (primary N) is 1. The fourth-order valence-corrected chi connectivity index (χ4v) is 2.62. The molecule has 0 saturated carbocycles. The van der Waals surface area contributed by atoms with Crippen LogP contribution in [0.3, 0.4) is 0 Å². The number of aromatic nitrogens is 2. The number of aromatic hydroxyl groups is 1. The van der Waals surface area contributed by atoms with Crippen molar-refractivity contribution in [3.8, 4) is 11.4 Å². The number of fused-ring (bicyclic) bond motifs is 1. The molecule has 0 spiro atoms. The van der Waals surface area contributed by atoms with Crippen LogP contribution in [-0.4, -0.2) is 14.7 Å². The molecule has 3 rings (SSSR count). The van der Waals surface area contributed by atoms with Crippen LogP contribution in [0.25, 0.3) is 16.6 Å². The Labute approximate surface area is 138 Å². The van der Waals surface area contributed by atoms with Gasteiger partial charge in [0.2, 0.25) is 0 Å². The molecule has 0 atom stereocenters. The second kappa shape index (κ2) is 5.59. The maximum atomic E-state index is 12.9. The van der Waals surface area contributed by atoms with Crippen molar-refractivity contribution in [1.82, 2.24) is 9.55 Å². The van der Waals surface area contributed by atoms with E-state index in [2.05, 4.69) is 4.98 Å². The number of nitrogens with zero attached hydrogens (tertiary/aromatic N) is 2.